The summed E-state index contributed by atoms with van der Waals surface area (Å²) in [4.78, 5) is 15.7. The summed E-state index contributed by atoms with van der Waals surface area (Å²) in [6, 6.07) is 43.1. The normalized spacial score (nSPS) is 20.2. The lowest BCUT2D eigenvalue weighted by atomic mass is 9.96. The predicted molar refractivity (Wildman–Crippen MR) is 261 cm³/mol. The molecule has 2 aliphatic heterocycles. The van der Waals surface area contributed by atoms with Gasteiger partial charge in [0.1, 0.15) is 25.5 Å². The minimum Gasteiger partial charge on any atom is -0.492 e. The number of aliphatic hydroxyl groups excluding tert-OH is 1. The molecule has 12 heteroatoms. The SMILES string of the molecule is CCn1c(CNC(=O)OCC2c3ccccc3-c3ccccc32)[n+](CC)c2ccc(OCCN(CCC[C@H]3CCOC(c4ccccc4)O3)CC(C)[C@@H](O)[C@H]3CCOC(c4ccccc4)O3)cc21. The van der Waals surface area contributed by atoms with E-state index in [-0.39, 0.29) is 36.9 Å². The van der Waals surface area contributed by atoms with Crippen molar-refractivity contribution >= 4 is 17.1 Å². The van der Waals surface area contributed by atoms with Crippen molar-refractivity contribution in [3.05, 3.63) is 155 Å². The fraction of sp³-hybridized carbons (Fsp3) is 0.429. The molecule has 2 fully saturated rings. The number of hydrogen-bond donors (Lipinski definition) is 2. The Hall–Kier alpha value is -5.60. The smallest absolute Gasteiger partial charge is 0.407 e. The molecule has 5 aromatic carbocycles. The Morgan fingerprint density at radius 3 is 2.15 bits per heavy atom. The third kappa shape index (κ3) is 11.0. The number of nitrogens with zero attached hydrogens (tertiary/aromatic N) is 3. The summed E-state index contributed by atoms with van der Waals surface area (Å²) in [5.41, 5.74) is 8.89. The van der Waals surface area contributed by atoms with Crippen molar-refractivity contribution in [3.63, 3.8) is 0 Å². The zero-order valence-electron chi connectivity index (χ0n) is 39.7. The molecule has 0 radical (unpaired) electrons. The van der Waals surface area contributed by atoms with Gasteiger partial charge in [-0.2, -0.15) is 0 Å². The summed E-state index contributed by atoms with van der Waals surface area (Å²) in [7, 11) is 0. The average molecular weight is 924 g/mol. The van der Waals surface area contributed by atoms with Crippen molar-refractivity contribution in [1.82, 2.24) is 14.8 Å². The molecule has 2 N–H and O–H groups in total. The Labute approximate surface area is 400 Å². The van der Waals surface area contributed by atoms with Crippen LogP contribution in [0.1, 0.15) is 93.0 Å². The van der Waals surface area contributed by atoms with Gasteiger partial charge in [0.2, 0.25) is 0 Å². The molecule has 12 nitrogen and oxygen atoms in total. The number of fused-ring (bicyclic) bond motifs is 4. The molecule has 6 aromatic rings. The van der Waals surface area contributed by atoms with E-state index in [1.165, 1.54) is 22.3 Å². The zero-order chi connectivity index (χ0) is 46.8. The highest BCUT2D eigenvalue weighted by atomic mass is 16.7. The van der Waals surface area contributed by atoms with Crippen LogP contribution in [0.15, 0.2) is 127 Å². The molecule has 0 bridgehead atoms. The first-order valence-corrected chi connectivity index (χ1v) is 24.7. The van der Waals surface area contributed by atoms with Gasteiger partial charge in [0, 0.05) is 36.2 Å². The largest absolute Gasteiger partial charge is 0.492 e. The third-order valence-electron chi connectivity index (χ3n) is 13.8. The maximum Gasteiger partial charge on any atom is 0.407 e. The molecule has 6 atom stereocenters. The molecule has 3 aliphatic rings. The minimum absolute atomic E-state index is 0.00345. The molecular weight excluding hydrogens is 857 g/mol. The maximum absolute atomic E-state index is 13.3. The van der Waals surface area contributed by atoms with Gasteiger partial charge < -0.3 is 38.8 Å². The number of benzene rings is 5. The van der Waals surface area contributed by atoms with Crippen LogP contribution in [0.3, 0.4) is 0 Å². The highest BCUT2D eigenvalue weighted by Gasteiger charge is 2.34. The van der Waals surface area contributed by atoms with Crippen LogP contribution in [-0.4, -0.2) is 85.0 Å². The molecule has 358 valence electrons. The van der Waals surface area contributed by atoms with Gasteiger partial charge in [-0.15, -0.1) is 0 Å². The quantitative estimate of drug-likeness (QED) is 0.0723. The van der Waals surface area contributed by atoms with Crippen molar-refractivity contribution in [2.24, 2.45) is 5.92 Å². The number of aliphatic hydroxyl groups is 1. The summed E-state index contributed by atoms with van der Waals surface area (Å²) in [6.45, 7) is 12.2. The first-order valence-electron chi connectivity index (χ1n) is 24.7. The predicted octanol–water partition coefficient (Wildman–Crippen LogP) is 9.47. The van der Waals surface area contributed by atoms with E-state index in [1.807, 2.05) is 66.7 Å². The Bertz CT molecular complexity index is 2530. The van der Waals surface area contributed by atoms with E-state index < -0.39 is 18.5 Å². The van der Waals surface area contributed by atoms with Crippen LogP contribution in [0.2, 0.25) is 0 Å². The maximum atomic E-state index is 13.3. The van der Waals surface area contributed by atoms with E-state index in [1.54, 1.807) is 0 Å². The molecule has 3 heterocycles. The number of aromatic nitrogens is 2. The molecule has 3 unspecified atom stereocenters. The van der Waals surface area contributed by atoms with Crippen LogP contribution < -0.4 is 14.6 Å². The van der Waals surface area contributed by atoms with Crippen LogP contribution in [0, 0.1) is 5.92 Å². The van der Waals surface area contributed by atoms with Gasteiger partial charge in [-0.1, -0.05) is 116 Å². The standard InChI is InChI=1S/C56H66N4O8/c1-4-59-49-27-26-43(35-50(49)60(5-2)52(59)36-57-56(62)66-38-48-46-24-14-12-22-44(46)45-23-13-15-25-47(45)48)63-34-31-58(30-16-21-42-28-32-64-54(67-42)40-17-8-6-9-18-40)37-39(3)53(61)51-29-33-65-55(68-51)41-19-10-7-11-20-41/h6-15,17-20,22-27,35,39,42,48,51,53-55,61H,4-5,16,21,28-34,36-38H2,1-3H3/p+1/t39?,42-,51+,53+,54?,55?/m0/s1. The molecule has 0 spiro atoms. The van der Waals surface area contributed by atoms with Gasteiger partial charge >= 0.3 is 6.09 Å². The molecular formula is C56H67N4O8+. The number of ether oxygens (including phenoxy) is 6. The Kier molecular flexibility index (Phi) is 15.8. The molecule has 2 saturated heterocycles. The van der Waals surface area contributed by atoms with Crippen LogP contribution in [0.5, 0.6) is 5.75 Å². The summed E-state index contributed by atoms with van der Waals surface area (Å²) in [6.07, 6.45) is 1.15. The number of carbonyl (C=O) groups is 1. The van der Waals surface area contributed by atoms with E-state index in [0.717, 1.165) is 66.1 Å². The number of hydrogen-bond acceptors (Lipinski definition) is 9. The zero-order valence-corrected chi connectivity index (χ0v) is 39.7. The van der Waals surface area contributed by atoms with Crippen molar-refractivity contribution in [3.8, 4) is 16.9 Å². The van der Waals surface area contributed by atoms with Crippen molar-refractivity contribution < 1.29 is 42.9 Å². The van der Waals surface area contributed by atoms with Gasteiger partial charge in [0.05, 0.1) is 44.6 Å². The highest BCUT2D eigenvalue weighted by molar-refractivity contribution is 5.79. The minimum atomic E-state index is -0.665. The van der Waals surface area contributed by atoms with Crippen LogP contribution in [-0.2, 0) is 43.3 Å². The summed E-state index contributed by atoms with van der Waals surface area (Å²) < 4.78 is 41.7. The lowest BCUT2D eigenvalue weighted by Crippen LogP contribution is -2.44. The van der Waals surface area contributed by atoms with Gasteiger partial charge in [-0.25, -0.2) is 13.9 Å². The molecule has 1 amide bonds. The lowest BCUT2D eigenvalue weighted by molar-refractivity contribution is -0.676. The van der Waals surface area contributed by atoms with Gasteiger partial charge in [0.25, 0.3) is 5.82 Å². The number of imidazole rings is 1. The van der Waals surface area contributed by atoms with Crippen molar-refractivity contribution in [1.29, 1.82) is 0 Å². The van der Waals surface area contributed by atoms with Crippen LogP contribution in [0.4, 0.5) is 4.79 Å². The molecule has 68 heavy (non-hydrogen) atoms. The number of alkyl carbamates (subject to hydrolysis) is 1. The van der Waals surface area contributed by atoms with Crippen LogP contribution >= 0.6 is 0 Å². The molecule has 0 saturated carbocycles. The molecule has 1 aliphatic carbocycles. The van der Waals surface area contributed by atoms with E-state index in [4.69, 9.17) is 28.4 Å². The monoisotopic (exact) mass is 923 g/mol. The van der Waals surface area contributed by atoms with Crippen molar-refractivity contribution in [2.45, 2.75) is 103 Å². The number of nitrogens with one attached hydrogen (secondary N) is 1. The Morgan fingerprint density at radius 1 is 0.824 bits per heavy atom. The molecule has 9 rings (SSSR count). The van der Waals surface area contributed by atoms with Gasteiger partial charge in [-0.3, -0.25) is 4.90 Å². The summed E-state index contributed by atoms with van der Waals surface area (Å²) >= 11 is 0. The number of amides is 1. The Morgan fingerprint density at radius 2 is 1.47 bits per heavy atom. The second-order valence-electron chi connectivity index (χ2n) is 18.2. The molecule has 1 aromatic heterocycles. The second kappa shape index (κ2) is 22.7. The highest BCUT2D eigenvalue weighted by Crippen LogP contribution is 2.44. The Balaban J connectivity index is 0.830. The first-order chi connectivity index (χ1) is 33.4. The fourth-order valence-corrected chi connectivity index (χ4v) is 10.3. The summed E-state index contributed by atoms with van der Waals surface area (Å²) in [5.74, 6) is 1.70. The lowest BCUT2D eigenvalue weighted by Gasteiger charge is -2.37. The van der Waals surface area contributed by atoms with E-state index >= 15 is 0 Å². The van der Waals surface area contributed by atoms with E-state index in [9.17, 15) is 9.90 Å². The van der Waals surface area contributed by atoms with E-state index in [0.29, 0.717) is 52.4 Å². The second-order valence-corrected chi connectivity index (χ2v) is 18.2. The third-order valence-corrected chi connectivity index (χ3v) is 13.8. The van der Waals surface area contributed by atoms with Gasteiger partial charge in [0.15, 0.2) is 23.6 Å². The first kappa shape index (κ1) is 47.5. The fourth-order valence-electron chi connectivity index (χ4n) is 10.3. The average Bonchev–Trinajstić information content (AvgIpc) is 3.88. The van der Waals surface area contributed by atoms with E-state index in [2.05, 4.69) is 101 Å². The number of aryl methyl sites for hydroxylation is 2. The van der Waals surface area contributed by atoms with Crippen molar-refractivity contribution in [2.75, 3.05) is 46.1 Å². The number of carbonyl (C=O) groups excluding carboxylic acids is 1. The summed E-state index contributed by atoms with van der Waals surface area (Å²) in [5, 5.41) is 14.8. The van der Waals surface area contributed by atoms with Crippen LogP contribution in [0.25, 0.3) is 22.2 Å². The number of rotatable bonds is 20. The topological polar surface area (TPSA) is 117 Å². The van der Waals surface area contributed by atoms with Gasteiger partial charge in [-0.05, 0) is 86.4 Å².